The molecular formula is C26H38N2. The van der Waals surface area contributed by atoms with Crippen LogP contribution in [0.5, 0.6) is 0 Å². The van der Waals surface area contributed by atoms with Crippen molar-refractivity contribution in [3.05, 3.63) is 71.3 Å². The summed E-state index contributed by atoms with van der Waals surface area (Å²) in [6.07, 6.45) is 9.19. The molecule has 1 fully saturated rings. The van der Waals surface area contributed by atoms with Gasteiger partial charge in [0.05, 0.1) is 0 Å². The van der Waals surface area contributed by atoms with E-state index in [4.69, 9.17) is 0 Å². The molecule has 0 radical (unpaired) electrons. The first kappa shape index (κ1) is 21.1. The lowest BCUT2D eigenvalue weighted by Crippen LogP contribution is -2.39. The Balaban J connectivity index is 0.00000109. The highest BCUT2D eigenvalue weighted by Gasteiger charge is 2.23. The fraction of sp³-hybridized carbons (Fsp3) is 0.538. The lowest BCUT2D eigenvalue weighted by atomic mass is 9.97. The maximum absolute atomic E-state index is 3.81. The van der Waals surface area contributed by atoms with Crippen LogP contribution in [0.25, 0.3) is 0 Å². The van der Waals surface area contributed by atoms with Crippen molar-refractivity contribution < 1.29 is 0 Å². The van der Waals surface area contributed by atoms with Gasteiger partial charge in [-0.15, -0.1) is 0 Å². The zero-order valence-corrected chi connectivity index (χ0v) is 17.9. The van der Waals surface area contributed by atoms with Gasteiger partial charge in [-0.1, -0.05) is 74.9 Å². The SMILES string of the molecule is CC.c1ccc(CN2CCCCC2CCCNC2Cc3ccccc3C2)cc1. The van der Waals surface area contributed by atoms with Crippen molar-refractivity contribution in [2.75, 3.05) is 13.1 Å². The van der Waals surface area contributed by atoms with E-state index in [1.165, 1.54) is 57.1 Å². The first-order valence-electron chi connectivity index (χ1n) is 11.5. The predicted molar refractivity (Wildman–Crippen MR) is 121 cm³/mol. The third-order valence-electron chi connectivity index (χ3n) is 6.18. The molecule has 1 atom stereocenters. The maximum Gasteiger partial charge on any atom is 0.0236 e. The smallest absolute Gasteiger partial charge is 0.0236 e. The van der Waals surface area contributed by atoms with Crippen LogP contribution in [0.3, 0.4) is 0 Å². The molecule has 0 aromatic heterocycles. The van der Waals surface area contributed by atoms with Crippen molar-refractivity contribution in [3.63, 3.8) is 0 Å². The van der Waals surface area contributed by atoms with Crippen LogP contribution in [-0.2, 0) is 19.4 Å². The standard InChI is InChI=1S/C24H32N2.C2H6/c1-2-9-20(10-3-1)19-26-16-7-6-13-24(26)14-8-15-25-23-17-21-11-4-5-12-22(21)18-23;1-2/h1-5,9-12,23-25H,6-8,13-19H2;1-2H3. The van der Waals surface area contributed by atoms with E-state index in [-0.39, 0.29) is 0 Å². The molecule has 28 heavy (non-hydrogen) atoms. The summed E-state index contributed by atoms with van der Waals surface area (Å²) < 4.78 is 0. The van der Waals surface area contributed by atoms with Crippen LogP contribution in [0.15, 0.2) is 54.6 Å². The third-order valence-corrected chi connectivity index (χ3v) is 6.18. The fourth-order valence-corrected chi connectivity index (χ4v) is 4.76. The average molecular weight is 379 g/mol. The number of nitrogens with zero attached hydrogens (tertiary/aromatic N) is 1. The molecule has 0 amide bonds. The summed E-state index contributed by atoms with van der Waals surface area (Å²) in [5.41, 5.74) is 4.55. The Morgan fingerprint density at radius 3 is 2.29 bits per heavy atom. The number of rotatable bonds is 7. The van der Waals surface area contributed by atoms with E-state index < -0.39 is 0 Å². The van der Waals surface area contributed by atoms with E-state index in [0.717, 1.165) is 19.1 Å². The number of fused-ring (bicyclic) bond motifs is 1. The van der Waals surface area contributed by atoms with Gasteiger partial charge in [0.15, 0.2) is 0 Å². The second-order valence-corrected chi connectivity index (χ2v) is 8.08. The van der Waals surface area contributed by atoms with Crippen molar-refractivity contribution in [3.8, 4) is 0 Å². The van der Waals surface area contributed by atoms with Crippen LogP contribution in [0.4, 0.5) is 0 Å². The van der Waals surface area contributed by atoms with E-state index in [9.17, 15) is 0 Å². The Hall–Kier alpha value is -1.64. The van der Waals surface area contributed by atoms with E-state index in [2.05, 4.69) is 64.8 Å². The summed E-state index contributed by atoms with van der Waals surface area (Å²) >= 11 is 0. The predicted octanol–water partition coefficient (Wildman–Crippen LogP) is 5.60. The molecule has 0 bridgehead atoms. The molecule has 1 aliphatic carbocycles. The summed E-state index contributed by atoms with van der Waals surface area (Å²) in [4.78, 5) is 2.73. The normalized spacial score (nSPS) is 19.7. The fourth-order valence-electron chi connectivity index (χ4n) is 4.76. The van der Waals surface area contributed by atoms with Gasteiger partial charge in [-0.25, -0.2) is 0 Å². The third kappa shape index (κ3) is 5.93. The molecular weight excluding hydrogens is 340 g/mol. The zero-order valence-electron chi connectivity index (χ0n) is 17.9. The van der Waals surface area contributed by atoms with E-state index in [1.54, 1.807) is 11.1 Å². The topological polar surface area (TPSA) is 15.3 Å². The molecule has 2 aromatic carbocycles. The van der Waals surface area contributed by atoms with Gasteiger partial charge in [-0.2, -0.15) is 0 Å². The lowest BCUT2D eigenvalue weighted by Gasteiger charge is -2.36. The number of hydrogen-bond acceptors (Lipinski definition) is 2. The van der Waals surface area contributed by atoms with Gasteiger partial charge in [-0.3, -0.25) is 4.90 Å². The minimum absolute atomic E-state index is 0.652. The Kier molecular flexibility index (Phi) is 8.57. The minimum atomic E-state index is 0.652. The van der Waals surface area contributed by atoms with Gasteiger partial charge in [-0.05, 0) is 68.3 Å². The molecule has 1 unspecified atom stereocenters. The Labute approximate surface area is 172 Å². The van der Waals surface area contributed by atoms with Crippen molar-refractivity contribution in [2.45, 2.75) is 77.4 Å². The zero-order chi connectivity index (χ0) is 19.6. The minimum Gasteiger partial charge on any atom is -0.313 e. The molecule has 2 aromatic rings. The monoisotopic (exact) mass is 378 g/mol. The van der Waals surface area contributed by atoms with E-state index in [0.29, 0.717) is 6.04 Å². The molecule has 2 aliphatic rings. The van der Waals surface area contributed by atoms with Gasteiger partial charge in [0.1, 0.15) is 0 Å². The highest BCUT2D eigenvalue weighted by atomic mass is 15.2. The highest BCUT2D eigenvalue weighted by Crippen LogP contribution is 2.24. The Morgan fingerprint density at radius 1 is 0.893 bits per heavy atom. The van der Waals surface area contributed by atoms with Gasteiger partial charge < -0.3 is 5.32 Å². The molecule has 0 saturated carbocycles. The quantitative estimate of drug-likeness (QED) is 0.631. The van der Waals surface area contributed by atoms with Crippen LogP contribution in [0, 0.1) is 0 Å². The van der Waals surface area contributed by atoms with Crippen LogP contribution in [0.1, 0.15) is 62.6 Å². The van der Waals surface area contributed by atoms with E-state index in [1.807, 2.05) is 13.8 Å². The molecule has 4 rings (SSSR count). The molecule has 1 N–H and O–H groups in total. The number of benzene rings is 2. The molecule has 1 heterocycles. The van der Waals surface area contributed by atoms with Gasteiger partial charge in [0, 0.05) is 18.6 Å². The summed E-state index contributed by atoms with van der Waals surface area (Å²) in [6, 6.07) is 21.3. The van der Waals surface area contributed by atoms with E-state index >= 15 is 0 Å². The Bertz CT molecular complexity index is 657. The molecule has 1 aliphatic heterocycles. The molecule has 152 valence electrons. The average Bonchev–Trinajstić information content (AvgIpc) is 3.17. The van der Waals surface area contributed by atoms with Crippen LogP contribution >= 0.6 is 0 Å². The second kappa shape index (κ2) is 11.4. The number of nitrogens with one attached hydrogen (secondary N) is 1. The summed E-state index contributed by atoms with van der Waals surface area (Å²) in [7, 11) is 0. The summed E-state index contributed by atoms with van der Waals surface area (Å²) in [6.45, 7) is 7.55. The van der Waals surface area contributed by atoms with Crippen molar-refractivity contribution in [1.29, 1.82) is 0 Å². The van der Waals surface area contributed by atoms with Crippen LogP contribution in [-0.4, -0.2) is 30.1 Å². The highest BCUT2D eigenvalue weighted by molar-refractivity contribution is 5.33. The Morgan fingerprint density at radius 2 is 1.57 bits per heavy atom. The van der Waals surface area contributed by atoms with Crippen molar-refractivity contribution >= 4 is 0 Å². The van der Waals surface area contributed by atoms with Crippen LogP contribution < -0.4 is 5.32 Å². The molecule has 2 heteroatoms. The molecule has 0 spiro atoms. The number of piperidine rings is 1. The largest absolute Gasteiger partial charge is 0.313 e. The second-order valence-electron chi connectivity index (χ2n) is 8.08. The number of hydrogen-bond donors (Lipinski definition) is 1. The lowest BCUT2D eigenvalue weighted by molar-refractivity contribution is 0.130. The first-order chi connectivity index (χ1) is 13.9. The first-order valence-corrected chi connectivity index (χ1v) is 11.5. The summed E-state index contributed by atoms with van der Waals surface area (Å²) in [5.74, 6) is 0. The van der Waals surface area contributed by atoms with Gasteiger partial charge in [0.2, 0.25) is 0 Å². The number of likely N-dealkylation sites (tertiary alicyclic amines) is 1. The van der Waals surface area contributed by atoms with Gasteiger partial charge in [0.25, 0.3) is 0 Å². The molecule has 2 nitrogen and oxygen atoms in total. The van der Waals surface area contributed by atoms with Crippen molar-refractivity contribution in [2.24, 2.45) is 0 Å². The summed E-state index contributed by atoms with van der Waals surface area (Å²) in [5, 5.41) is 3.81. The maximum atomic E-state index is 3.81. The van der Waals surface area contributed by atoms with Crippen LogP contribution in [0.2, 0.25) is 0 Å². The van der Waals surface area contributed by atoms with Gasteiger partial charge >= 0.3 is 0 Å². The molecule has 1 saturated heterocycles. The van der Waals surface area contributed by atoms with Crippen molar-refractivity contribution in [1.82, 2.24) is 10.2 Å².